The Bertz CT molecular complexity index is 499. The van der Waals surface area contributed by atoms with Crippen LogP contribution in [0.4, 0.5) is 8.78 Å². The molecule has 2 unspecified atom stereocenters. The van der Waals surface area contributed by atoms with Gasteiger partial charge in [-0.1, -0.05) is 15.9 Å². The van der Waals surface area contributed by atoms with Crippen molar-refractivity contribution in [1.29, 1.82) is 0 Å². The molecule has 8 heteroatoms. The summed E-state index contributed by atoms with van der Waals surface area (Å²) in [6.07, 6.45) is -3.70. The van der Waals surface area contributed by atoms with Crippen molar-refractivity contribution in [3.8, 4) is 0 Å². The van der Waals surface area contributed by atoms with Crippen LogP contribution in [-0.4, -0.2) is 34.7 Å². The van der Waals surface area contributed by atoms with Gasteiger partial charge in [-0.2, -0.15) is 0 Å². The van der Waals surface area contributed by atoms with Gasteiger partial charge in [0.1, 0.15) is 6.04 Å². The first-order chi connectivity index (χ1) is 9.79. The number of hydrogen-bond acceptors (Lipinski definition) is 3. The smallest absolute Gasteiger partial charge is 0.326 e. The molecule has 2 atom stereocenters. The van der Waals surface area contributed by atoms with E-state index in [9.17, 15) is 18.4 Å². The molecule has 0 spiro atoms. The minimum absolute atomic E-state index is 0.587. The van der Waals surface area contributed by atoms with Gasteiger partial charge < -0.3 is 10.4 Å². The maximum Gasteiger partial charge on any atom is 0.326 e. The van der Waals surface area contributed by atoms with Gasteiger partial charge in [0, 0.05) is 15.8 Å². The van der Waals surface area contributed by atoms with Gasteiger partial charge in [0.05, 0.1) is 5.25 Å². The van der Waals surface area contributed by atoms with E-state index in [0.29, 0.717) is 0 Å². The van der Waals surface area contributed by atoms with Crippen molar-refractivity contribution in [3.05, 3.63) is 28.7 Å². The van der Waals surface area contributed by atoms with Crippen molar-refractivity contribution < 1.29 is 23.5 Å². The van der Waals surface area contributed by atoms with Crippen LogP contribution >= 0.6 is 27.7 Å². The quantitative estimate of drug-likeness (QED) is 0.712. The summed E-state index contributed by atoms with van der Waals surface area (Å²) < 4.78 is 25.4. The fraction of sp³-hybridized carbons (Fsp3) is 0.385. The molecule has 0 aliphatic carbocycles. The maximum absolute atomic E-state index is 12.3. The lowest BCUT2D eigenvalue weighted by Gasteiger charge is -2.17. The Morgan fingerprint density at radius 1 is 1.33 bits per heavy atom. The van der Waals surface area contributed by atoms with Crippen LogP contribution in [-0.2, 0) is 9.59 Å². The van der Waals surface area contributed by atoms with Crippen LogP contribution in [0.1, 0.15) is 13.3 Å². The van der Waals surface area contributed by atoms with Crippen LogP contribution < -0.4 is 5.32 Å². The Hall–Kier alpha value is -1.15. The number of amides is 1. The molecular formula is C13H14BrF2NO3S. The minimum Gasteiger partial charge on any atom is -0.480 e. The fourth-order valence-electron chi connectivity index (χ4n) is 1.46. The van der Waals surface area contributed by atoms with Gasteiger partial charge in [-0.25, -0.2) is 13.6 Å². The third-order valence-corrected chi connectivity index (χ3v) is 4.16. The molecule has 1 rings (SSSR count). The first kappa shape index (κ1) is 17.9. The van der Waals surface area contributed by atoms with Gasteiger partial charge in [0.2, 0.25) is 12.3 Å². The Morgan fingerprint density at radius 3 is 2.38 bits per heavy atom. The van der Waals surface area contributed by atoms with Crippen molar-refractivity contribution in [2.24, 2.45) is 0 Å². The van der Waals surface area contributed by atoms with E-state index >= 15 is 0 Å². The number of hydrogen-bond donors (Lipinski definition) is 2. The first-order valence-electron chi connectivity index (χ1n) is 6.03. The number of carbonyl (C=O) groups is 2. The fourth-order valence-corrected chi connectivity index (χ4v) is 2.60. The van der Waals surface area contributed by atoms with Crippen molar-refractivity contribution >= 4 is 39.6 Å². The lowest BCUT2D eigenvalue weighted by atomic mass is 10.2. The third-order valence-electron chi connectivity index (χ3n) is 2.52. The molecule has 0 saturated carbocycles. The number of carbonyl (C=O) groups excluding carboxylic acids is 1. The molecule has 116 valence electrons. The topological polar surface area (TPSA) is 66.4 Å². The molecule has 0 aromatic heterocycles. The summed E-state index contributed by atoms with van der Waals surface area (Å²) in [7, 11) is 0. The van der Waals surface area contributed by atoms with Crippen molar-refractivity contribution in [3.63, 3.8) is 0 Å². The number of alkyl halides is 2. The van der Waals surface area contributed by atoms with Crippen LogP contribution in [0.15, 0.2) is 33.6 Å². The summed E-state index contributed by atoms with van der Waals surface area (Å²) in [5.41, 5.74) is 0. The van der Waals surface area contributed by atoms with E-state index in [0.717, 1.165) is 9.37 Å². The molecule has 1 amide bonds. The number of benzene rings is 1. The van der Waals surface area contributed by atoms with Crippen molar-refractivity contribution in [2.75, 3.05) is 0 Å². The number of aliphatic carboxylic acids is 1. The zero-order valence-electron chi connectivity index (χ0n) is 11.1. The van der Waals surface area contributed by atoms with Crippen LogP contribution in [0.5, 0.6) is 0 Å². The lowest BCUT2D eigenvalue weighted by molar-refractivity contribution is -0.142. The average Bonchev–Trinajstić information content (AvgIpc) is 2.39. The summed E-state index contributed by atoms with van der Waals surface area (Å²) in [5.74, 6) is -2.06. The Kier molecular flexibility index (Phi) is 7.10. The normalized spacial score (nSPS) is 13.8. The molecule has 4 nitrogen and oxygen atoms in total. The monoisotopic (exact) mass is 381 g/mol. The highest BCUT2D eigenvalue weighted by atomic mass is 79.9. The van der Waals surface area contributed by atoms with Gasteiger partial charge in [-0.15, -0.1) is 11.8 Å². The average molecular weight is 382 g/mol. The van der Waals surface area contributed by atoms with Crippen LogP contribution in [0.2, 0.25) is 0 Å². The summed E-state index contributed by atoms with van der Waals surface area (Å²) >= 11 is 4.51. The van der Waals surface area contributed by atoms with E-state index < -0.39 is 36.0 Å². The lowest BCUT2D eigenvalue weighted by Crippen LogP contribution is -2.44. The molecule has 21 heavy (non-hydrogen) atoms. The number of halogens is 3. The molecule has 0 bridgehead atoms. The Balaban J connectivity index is 2.60. The van der Waals surface area contributed by atoms with E-state index in [1.54, 1.807) is 19.1 Å². The maximum atomic E-state index is 12.3. The molecule has 0 saturated heterocycles. The molecular weight excluding hydrogens is 368 g/mol. The van der Waals surface area contributed by atoms with Gasteiger partial charge >= 0.3 is 5.97 Å². The van der Waals surface area contributed by atoms with E-state index in [1.165, 1.54) is 11.8 Å². The predicted octanol–water partition coefficient (Wildman–Crippen LogP) is 3.15. The molecule has 0 aliphatic heterocycles. The SMILES string of the molecule is CC(Sc1ccc(Br)cc1)C(=O)NC(CC(F)F)C(=O)O. The second-order valence-corrected chi connectivity index (χ2v) is 6.57. The summed E-state index contributed by atoms with van der Waals surface area (Å²) in [5, 5.41) is 10.4. The van der Waals surface area contributed by atoms with E-state index in [4.69, 9.17) is 5.11 Å². The molecule has 0 fully saturated rings. The zero-order chi connectivity index (χ0) is 16.0. The van der Waals surface area contributed by atoms with Crippen LogP contribution in [0.3, 0.4) is 0 Å². The van der Waals surface area contributed by atoms with Crippen molar-refractivity contribution in [2.45, 2.75) is 36.0 Å². The number of carboxylic acid groups (broad SMARTS) is 1. The van der Waals surface area contributed by atoms with Gasteiger partial charge in [-0.3, -0.25) is 4.79 Å². The largest absolute Gasteiger partial charge is 0.480 e. The van der Waals surface area contributed by atoms with Gasteiger partial charge in [0.15, 0.2) is 0 Å². The van der Waals surface area contributed by atoms with Gasteiger partial charge in [0.25, 0.3) is 0 Å². The second-order valence-electron chi connectivity index (χ2n) is 4.24. The number of thioether (sulfide) groups is 1. The Labute approximate surface area is 133 Å². The summed E-state index contributed by atoms with van der Waals surface area (Å²) in [4.78, 5) is 23.5. The highest BCUT2D eigenvalue weighted by molar-refractivity contribution is 9.10. The van der Waals surface area contributed by atoms with Crippen LogP contribution in [0, 0.1) is 0 Å². The summed E-state index contributed by atoms with van der Waals surface area (Å²) in [6, 6.07) is 5.64. The number of rotatable bonds is 7. The van der Waals surface area contributed by atoms with E-state index in [-0.39, 0.29) is 0 Å². The zero-order valence-corrected chi connectivity index (χ0v) is 13.5. The van der Waals surface area contributed by atoms with E-state index in [1.807, 2.05) is 12.1 Å². The Morgan fingerprint density at radius 2 is 1.90 bits per heavy atom. The van der Waals surface area contributed by atoms with E-state index in [2.05, 4.69) is 21.2 Å². The standard InChI is InChI=1S/C13H14BrF2NO3S/c1-7(21-9-4-2-8(14)3-5-9)12(18)17-10(13(19)20)6-11(15)16/h2-5,7,10-11H,6H2,1H3,(H,17,18)(H,19,20). The highest BCUT2D eigenvalue weighted by Gasteiger charge is 2.26. The molecule has 0 aliphatic rings. The summed E-state index contributed by atoms with van der Waals surface area (Å²) in [6.45, 7) is 1.59. The number of carboxylic acids is 1. The predicted molar refractivity (Wildman–Crippen MR) is 79.6 cm³/mol. The van der Waals surface area contributed by atoms with Gasteiger partial charge in [-0.05, 0) is 31.2 Å². The molecule has 1 aromatic rings. The number of nitrogens with one attached hydrogen (secondary N) is 1. The second kappa shape index (κ2) is 8.33. The third kappa shape index (κ3) is 6.43. The molecule has 0 radical (unpaired) electrons. The highest BCUT2D eigenvalue weighted by Crippen LogP contribution is 2.25. The minimum atomic E-state index is -2.79. The first-order valence-corrected chi connectivity index (χ1v) is 7.70. The molecule has 1 aromatic carbocycles. The molecule has 0 heterocycles. The van der Waals surface area contributed by atoms with Crippen molar-refractivity contribution in [1.82, 2.24) is 5.32 Å². The van der Waals surface area contributed by atoms with Crippen LogP contribution in [0.25, 0.3) is 0 Å². The molecule has 2 N–H and O–H groups in total.